The highest BCUT2D eigenvalue weighted by molar-refractivity contribution is 6.35. The first-order chi connectivity index (χ1) is 6.18. The van der Waals surface area contributed by atoms with Gasteiger partial charge in [0.1, 0.15) is 5.65 Å². The summed E-state index contributed by atoms with van der Waals surface area (Å²) in [5.74, 6) is -0.359. The van der Waals surface area contributed by atoms with E-state index in [0.717, 1.165) is 0 Å². The van der Waals surface area contributed by atoms with E-state index in [0.29, 0.717) is 16.1 Å². The van der Waals surface area contributed by atoms with Crippen LogP contribution >= 0.6 is 11.6 Å². The molecule has 0 saturated carbocycles. The van der Waals surface area contributed by atoms with E-state index in [4.69, 9.17) is 16.7 Å². The van der Waals surface area contributed by atoms with Crippen LogP contribution in [0.1, 0.15) is 0 Å². The largest absolute Gasteiger partial charge is 0.503 e. The van der Waals surface area contributed by atoms with Crippen LogP contribution in [0, 0.1) is 0 Å². The molecular weight excluding hydrogens is 192 g/mol. The number of halogens is 1. The monoisotopic (exact) mass is 196 g/mol. The summed E-state index contributed by atoms with van der Waals surface area (Å²) in [5.41, 5.74) is -0.197. The zero-order chi connectivity index (χ0) is 9.42. The minimum absolute atomic E-state index is 0.359. The maximum atomic E-state index is 11.0. The fraction of sp³-hybridized carbons (Fsp3) is 0. The van der Waals surface area contributed by atoms with E-state index in [2.05, 4.69) is 9.97 Å². The van der Waals surface area contributed by atoms with E-state index in [9.17, 15) is 4.79 Å². The molecule has 0 aliphatic heterocycles. The molecule has 0 atom stereocenters. The summed E-state index contributed by atoms with van der Waals surface area (Å²) >= 11 is 5.81. The van der Waals surface area contributed by atoms with Crippen molar-refractivity contribution in [1.29, 1.82) is 0 Å². The quantitative estimate of drug-likeness (QED) is 0.667. The van der Waals surface area contributed by atoms with E-state index in [-0.39, 0.29) is 5.75 Å². The summed E-state index contributed by atoms with van der Waals surface area (Å²) in [6.45, 7) is 0. The van der Waals surface area contributed by atoms with Gasteiger partial charge in [0.2, 0.25) is 0 Å². The minimum atomic E-state index is -0.567. The number of nitrogens with one attached hydrogen (secondary N) is 1. The molecule has 2 heterocycles. The van der Waals surface area contributed by atoms with Crippen molar-refractivity contribution in [3.63, 3.8) is 0 Å². The highest BCUT2D eigenvalue weighted by Gasteiger charge is 2.03. The third-order valence-electron chi connectivity index (χ3n) is 1.68. The molecule has 4 nitrogen and oxygen atoms in total. The van der Waals surface area contributed by atoms with Gasteiger partial charge in [0.25, 0.3) is 5.56 Å². The Morgan fingerprint density at radius 1 is 1.54 bits per heavy atom. The Morgan fingerprint density at radius 2 is 2.31 bits per heavy atom. The van der Waals surface area contributed by atoms with Gasteiger partial charge < -0.3 is 10.1 Å². The number of fused-ring (bicyclic) bond motifs is 1. The second kappa shape index (κ2) is 2.74. The van der Waals surface area contributed by atoms with Gasteiger partial charge in [-0.2, -0.15) is 0 Å². The molecule has 0 amide bonds. The Hall–Kier alpha value is -1.55. The van der Waals surface area contributed by atoms with Gasteiger partial charge in [-0.15, -0.1) is 0 Å². The zero-order valence-electron chi connectivity index (χ0n) is 6.41. The van der Waals surface area contributed by atoms with Crippen LogP contribution in [0.5, 0.6) is 5.75 Å². The van der Waals surface area contributed by atoms with Crippen LogP contribution < -0.4 is 5.56 Å². The standard InChI is InChI=1S/C8H5ClN2O2/c9-5-1-2-10-7-4(5)3-6(12)8(13)11-7/h1-3,12H,(H,10,11,13). The molecule has 0 fully saturated rings. The fourth-order valence-electron chi connectivity index (χ4n) is 1.06. The van der Waals surface area contributed by atoms with Crippen LogP contribution in [-0.4, -0.2) is 15.1 Å². The van der Waals surface area contributed by atoms with Crippen LogP contribution in [-0.2, 0) is 0 Å². The van der Waals surface area contributed by atoms with Crippen LogP contribution in [0.4, 0.5) is 0 Å². The Labute approximate surface area is 77.8 Å². The van der Waals surface area contributed by atoms with Crippen molar-refractivity contribution in [2.45, 2.75) is 0 Å². The molecule has 0 aliphatic rings. The van der Waals surface area contributed by atoms with Gasteiger partial charge in [-0.1, -0.05) is 11.6 Å². The molecule has 13 heavy (non-hydrogen) atoms. The van der Waals surface area contributed by atoms with E-state index < -0.39 is 5.56 Å². The summed E-state index contributed by atoms with van der Waals surface area (Å²) in [5, 5.41) is 10.1. The highest BCUT2D eigenvalue weighted by atomic mass is 35.5. The molecule has 0 radical (unpaired) electrons. The molecule has 0 bridgehead atoms. The van der Waals surface area contributed by atoms with Crippen LogP contribution in [0.3, 0.4) is 0 Å². The number of aromatic hydroxyl groups is 1. The summed E-state index contributed by atoms with van der Waals surface area (Å²) < 4.78 is 0. The van der Waals surface area contributed by atoms with Crippen LogP contribution in [0.2, 0.25) is 5.02 Å². The van der Waals surface area contributed by atoms with Gasteiger partial charge in [0, 0.05) is 11.6 Å². The third kappa shape index (κ3) is 1.25. The highest BCUT2D eigenvalue weighted by Crippen LogP contribution is 2.20. The molecule has 2 rings (SSSR count). The first kappa shape index (κ1) is 8.07. The van der Waals surface area contributed by atoms with Crippen molar-refractivity contribution < 1.29 is 5.11 Å². The third-order valence-corrected chi connectivity index (χ3v) is 2.01. The Kier molecular flexibility index (Phi) is 1.70. The Bertz CT molecular complexity index is 521. The number of aromatic amines is 1. The minimum Gasteiger partial charge on any atom is -0.503 e. The molecule has 2 aromatic heterocycles. The number of hydrogen-bond donors (Lipinski definition) is 2. The number of aromatic nitrogens is 2. The Balaban J connectivity index is 2.97. The molecular formula is C8H5ClN2O2. The zero-order valence-corrected chi connectivity index (χ0v) is 7.17. The van der Waals surface area contributed by atoms with Crippen LogP contribution in [0.15, 0.2) is 23.1 Å². The van der Waals surface area contributed by atoms with Crippen molar-refractivity contribution in [2.75, 3.05) is 0 Å². The first-order valence-electron chi connectivity index (χ1n) is 3.55. The van der Waals surface area contributed by atoms with Gasteiger partial charge in [-0.05, 0) is 12.1 Å². The van der Waals surface area contributed by atoms with Crippen molar-refractivity contribution in [2.24, 2.45) is 0 Å². The number of hydrogen-bond acceptors (Lipinski definition) is 3. The number of H-pyrrole nitrogens is 1. The molecule has 2 aromatic rings. The van der Waals surface area contributed by atoms with Gasteiger partial charge in [-0.25, -0.2) is 4.98 Å². The molecule has 5 heteroatoms. The molecule has 2 N–H and O–H groups in total. The van der Waals surface area contributed by atoms with Crippen molar-refractivity contribution in [1.82, 2.24) is 9.97 Å². The SMILES string of the molecule is O=c1[nH]c2nccc(Cl)c2cc1O. The smallest absolute Gasteiger partial charge is 0.291 e. The molecule has 0 spiro atoms. The van der Waals surface area contributed by atoms with Crippen molar-refractivity contribution in [3.8, 4) is 5.75 Å². The lowest BCUT2D eigenvalue weighted by atomic mass is 10.3. The fourth-order valence-corrected chi connectivity index (χ4v) is 1.26. The van der Waals surface area contributed by atoms with Crippen LogP contribution in [0.25, 0.3) is 11.0 Å². The summed E-state index contributed by atoms with van der Waals surface area (Å²) in [6.07, 6.45) is 1.48. The van der Waals surface area contributed by atoms with E-state index >= 15 is 0 Å². The molecule has 0 aliphatic carbocycles. The normalized spacial score (nSPS) is 10.5. The lowest BCUT2D eigenvalue weighted by Crippen LogP contribution is -2.05. The second-order valence-corrected chi connectivity index (χ2v) is 2.95. The molecule has 0 aromatic carbocycles. The first-order valence-corrected chi connectivity index (χ1v) is 3.93. The topological polar surface area (TPSA) is 66.0 Å². The van der Waals surface area contributed by atoms with Crippen molar-refractivity contribution >= 4 is 22.6 Å². The second-order valence-electron chi connectivity index (χ2n) is 2.54. The van der Waals surface area contributed by atoms with E-state index in [1.54, 1.807) is 6.07 Å². The van der Waals surface area contributed by atoms with E-state index in [1.165, 1.54) is 12.3 Å². The van der Waals surface area contributed by atoms with E-state index in [1.807, 2.05) is 0 Å². The summed E-state index contributed by atoms with van der Waals surface area (Å²) in [4.78, 5) is 17.2. The average molecular weight is 197 g/mol. The van der Waals surface area contributed by atoms with Gasteiger partial charge >= 0.3 is 0 Å². The Morgan fingerprint density at radius 3 is 3.08 bits per heavy atom. The number of nitrogens with zero attached hydrogens (tertiary/aromatic N) is 1. The maximum Gasteiger partial charge on any atom is 0.291 e. The molecule has 66 valence electrons. The summed E-state index contributed by atoms with van der Waals surface area (Å²) in [6, 6.07) is 2.88. The summed E-state index contributed by atoms with van der Waals surface area (Å²) in [7, 11) is 0. The predicted molar refractivity (Wildman–Crippen MR) is 49.0 cm³/mol. The van der Waals surface area contributed by atoms with Gasteiger partial charge in [0.05, 0.1) is 5.02 Å². The molecule has 0 saturated heterocycles. The number of pyridine rings is 2. The maximum absolute atomic E-state index is 11.0. The van der Waals surface area contributed by atoms with Gasteiger partial charge in [0.15, 0.2) is 5.75 Å². The predicted octanol–water partition coefficient (Wildman–Crippen LogP) is 1.28. The van der Waals surface area contributed by atoms with Crippen molar-refractivity contribution in [3.05, 3.63) is 33.7 Å². The average Bonchev–Trinajstić information content (AvgIpc) is 2.09. The molecule has 0 unspecified atom stereocenters. The lowest BCUT2D eigenvalue weighted by Gasteiger charge is -1.98. The lowest BCUT2D eigenvalue weighted by molar-refractivity contribution is 0.468. The number of rotatable bonds is 0. The van der Waals surface area contributed by atoms with Gasteiger partial charge in [-0.3, -0.25) is 4.79 Å².